The maximum Gasteiger partial charge on any atom is 0.146 e. The summed E-state index contributed by atoms with van der Waals surface area (Å²) in [7, 11) is 0. The van der Waals surface area contributed by atoms with Gasteiger partial charge in [0.2, 0.25) is 0 Å². The first kappa shape index (κ1) is 9.46. The summed E-state index contributed by atoms with van der Waals surface area (Å²) in [5, 5.41) is 3.20. The van der Waals surface area contributed by atoms with Gasteiger partial charge < -0.3 is 10.1 Å². The Labute approximate surface area is 89.3 Å². The van der Waals surface area contributed by atoms with Crippen LogP contribution < -0.4 is 10.1 Å². The van der Waals surface area contributed by atoms with Crippen molar-refractivity contribution in [3.8, 4) is 5.75 Å². The molecule has 0 aromatic heterocycles. The van der Waals surface area contributed by atoms with E-state index in [0.717, 1.165) is 22.0 Å². The van der Waals surface area contributed by atoms with Crippen molar-refractivity contribution in [3.05, 3.63) is 23.3 Å². The zero-order valence-corrected chi connectivity index (χ0v) is 9.37. The Hall–Kier alpha value is -1.09. The van der Waals surface area contributed by atoms with Crippen molar-refractivity contribution in [2.24, 2.45) is 0 Å². The summed E-state index contributed by atoms with van der Waals surface area (Å²) in [6.45, 7) is 6.07. The summed E-state index contributed by atoms with van der Waals surface area (Å²) in [4.78, 5) is 0.752. The first-order valence-electron chi connectivity index (χ1n) is 4.66. The molecular weight excluding hydrogens is 194 g/mol. The van der Waals surface area contributed by atoms with Gasteiger partial charge in [-0.05, 0) is 38.0 Å². The number of anilines is 1. The van der Waals surface area contributed by atoms with Crippen LogP contribution in [0.3, 0.4) is 0 Å². The molecule has 0 saturated carbocycles. The lowest BCUT2D eigenvalue weighted by Crippen LogP contribution is -2.33. The van der Waals surface area contributed by atoms with E-state index in [9.17, 15) is 0 Å². The van der Waals surface area contributed by atoms with Crippen molar-refractivity contribution in [1.29, 1.82) is 0 Å². The van der Waals surface area contributed by atoms with Crippen LogP contribution in [0.1, 0.15) is 18.1 Å². The van der Waals surface area contributed by atoms with Crippen molar-refractivity contribution in [2.75, 3.05) is 5.32 Å². The van der Waals surface area contributed by atoms with E-state index in [1.165, 1.54) is 5.56 Å². The fourth-order valence-electron chi connectivity index (χ4n) is 1.67. The molecule has 3 heteroatoms. The molecule has 0 aliphatic carbocycles. The molecule has 1 aromatic rings. The van der Waals surface area contributed by atoms with Gasteiger partial charge in [-0.15, -0.1) is 0 Å². The fraction of sp³-hybridized carbons (Fsp3) is 0.364. The van der Waals surface area contributed by atoms with Crippen molar-refractivity contribution in [3.63, 3.8) is 0 Å². The maximum atomic E-state index is 5.73. The molecule has 2 nitrogen and oxygen atoms in total. The molecule has 0 amide bonds. The number of ether oxygens (including phenoxy) is 1. The molecule has 0 bridgehead atoms. The molecule has 14 heavy (non-hydrogen) atoms. The van der Waals surface area contributed by atoms with Gasteiger partial charge in [-0.3, -0.25) is 0 Å². The van der Waals surface area contributed by atoms with E-state index >= 15 is 0 Å². The van der Waals surface area contributed by atoms with Gasteiger partial charge in [0.15, 0.2) is 0 Å². The third kappa shape index (κ3) is 1.48. The van der Waals surface area contributed by atoms with Crippen LogP contribution >= 0.6 is 12.2 Å². The molecule has 1 unspecified atom stereocenters. The van der Waals surface area contributed by atoms with E-state index in [1.54, 1.807) is 0 Å². The molecule has 0 fully saturated rings. The second-order valence-electron chi connectivity index (χ2n) is 3.71. The minimum Gasteiger partial charge on any atom is -0.481 e. The average molecular weight is 207 g/mol. The highest BCUT2D eigenvalue weighted by Gasteiger charge is 2.21. The van der Waals surface area contributed by atoms with E-state index < -0.39 is 0 Å². The van der Waals surface area contributed by atoms with Gasteiger partial charge in [-0.2, -0.15) is 0 Å². The first-order valence-corrected chi connectivity index (χ1v) is 5.07. The van der Waals surface area contributed by atoms with E-state index in [2.05, 4.69) is 31.3 Å². The number of rotatable bonds is 0. The number of hydrogen-bond acceptors (Lipinski definition) is 2. The third-order valence-electron chi connectivity index (χ3n) is 2.34. The van der Waals surface area contributed by atoms with Crippen LogP contribution in [0, 0.1) is 13.8 Å². The zero-order chi connectivity index (χ0) is 10.3. The molecule has 0 saturated heterocycles. The highest BCUT2D eigenvalue weighted by atomic mass is 32.1. The maximum absolute atomic E-state index is 5.73. The quantitative estimate of drug-likeness (QED) is 0.661. The fourth-order valence-corrected chi connectivity index (χ4v) is 1.83. The van der Waals surface area contributed by atoms with Gasteiger partial charge in [0.05, 0.1) is 5.69 Å². The van der Waals surface area contributed by atoms with Crippen LogP contribution in [0.5, 0.6) is 5.75 Å². The Morgan fingerprint density at radius 2 is 2.07 bits per heavy atom. The number of thiocarbonyl (C=S) groups is 1. The Bertz CT molecular complexity index is 401. The number of hydrogen-bond donors (Lipinski definition) is 1. The summed E-state index contributed by atoms with van der Waals surface area (Å²) in [5.74, 6) is 0.928. The molecule has 0 spiro atoms. The minimum absolute atomic E-state index is 0.0288. The van der Waals surface area contributed by atoms with Gasteiger partial charge in [0, 0.05) is 0 Å². The molecular formula is C11H13NOS. The van der Waals surface area contributed by atoms with Gasteiger partial charge in [-0.25, -0.2) is 0 Å². The molecule has 2 rings (SSSR count). The minimum atomic E-state index is -0.0288. The Morgan fingerprint density at radius 1 is 1.36 bits per heavy atom. The average Bonchev–Trinajstić information content (AvgIpc) is 2.08. The molecule has 1 aromatic carbocycles. The highest BCUT2D eigenvalue weighted by Crippen LogP contribution is 2.34. The number of aryl methyl sites for hydroxylation is 2. The normalized spacial score (nSPS) is 19.6. The van der Waals surface area contributed by atoms with Crippen LogP contribution in [0.4, 0.5) is 5.69 Å². The molecule has 1 heterocycles. The largest absolute Gasteiger partial charge is 0.481 e. The lowest BCUT2D eigenvalue weighted by molar-refractivity contribution is 0.284. The van der Waals surface area contributed by atoms with Gasteiger partial charge in [0.1, 0.15) is 16.8 Å². The molecule has 1 atom stereocenters. The van der Waals surface area contributed by atoms with E-state index in [1.807, 2.05) is 6.92 Å². The molecule has 1 aliphatic rings. The Kier molecular flexibility index (Phi) is 2.19. The zero-order valence-electron chi connectivity index (χ0n) is 8.55. The summed E-state index contributed by atoms with van der Waals surface area (Å²) < 4.78 is 5.73. The number of benzene rings is 1. The third-order valence-corrected chi connectivity index (χ3v) is 2.77. The van der Waals surface area contributed by atoms with Crippen LogP contribution in [-0.2, 0) is 0 Å². The molecule has 74 valence electrons. The van der Waals surface area contributed by atoms with Crippen molar-refractivity contribution in [1.82, 2.24) is 0 Å². The van der Waals surface area contributed by atoms with Crippen LogP contribution in [-0.4, -0.2) is 11.1 Å². The van der Waals surface area contributed by atoms with Crippen molar-refractivity contribution in [2.45, 2.75) is 26.9 Å². The summed E-state index contributed by atoms with van der Waals surface area (Å²) in [6, 6.07) is 4.17. The van der Waals surface area contributed by atoms with Crippen LogP contribution in [0.15, 0.2) is 12.1 Å². The van der Waals surface area contributed by atoms with Crippen molar-refractivity contribution >= 4 is 22.9 Å². The van der Waals surface area contributed by atoms with E-state index in [4.69, 9.17) is 17.0 Å². The summed E-state index contributed by atoms with van der Waals surface area (Å²) in [5.41, 5.74) is 3.36. The second-order valence-corrected chi connectivity index (χ2v) is 4.15. The lowest BCUT2D eigenvalue weighted by atomic mass is 10.1. The Morgan fingerprint density at radius 3 is 2.79 bits per heavy atom. The second kappa shape index (κ2) is 3.24. The molecule has 1 aliphatic heterocycles. The van der Waals surface area contributed by atoms with Gasteiger partial charge in [0.25, 0.3) is 0 Å². The topological polar surface area (TPSA) is 21.3 Å². The number of nitrogens with one attached hydrogen (secondary N) is 1. The smallest absolute Gasteiger partial charge is 0.146 e. The van der Waals surface area contributed by atoms with Crippen molar-refractivity contribution < 1.29 is 4.74 Å². The monoisotopic (exact) mass is 207 g/mol. The number of fused-ring (bicyclic) bond motifs is 1. The van der Waals surface area contributed by atoms with Gasteiger partial charge in [-0.1, -0.05) is 18.3 Å². The van der Waals surface area contributed by atoms with Crippen LogP contribution in [0.2, 0.25) is 0 Å². The predicted molar refractivity (Wildman–Crippen MR) is 62.2 cm³/mol. The molecule has 0 radical (unpaired) electrons. The van der Waals surface area contributed by atoms with E-state index in [0.29, 0.717) is 0 Å². The van der Waals surface area contributed by atoms with Crippen LogP contribution in [0.25, 0.3) is 0 Å². The summed E-state index contributed by atoms with van der Waals surface area (Å²) >= 11 is 5.15. The SMILES string of the molecule is Cc1cc(C)c2c(c1)NC(=S)C(C)O2. The highest BCUT2D eigenvalue weighted by molar-refractivity contribution is 7.80. The molecule has 1 N–H and O–H groups in total. The van der Waals surface area contributed by atoms with E-state index in [-0.39, 0.29) is 6.10 Å². The summed E-state index contributed by atoms with van der Waals surface area (Å²) in [6.07, 6.45) is -0.0288. The lowest BCUT2D eigenvalue weighted by Gasteiger charge is -2.27. The van der Waals surface area contributed by atoms with Gasteiger partial charge >= 0.3 is 0 Å². The first-order chi connectivity index (χ1) is 6.58. The standard InChI is InChI=1S/C11H13NOS/c1-6-4-7(2)10-9(5-6)12-11(14)8(3)13-10/h4-5,8H,1-3H3,(H,12,14). The Balaban J connectivity index is 2.51. The predicted octanol–water partition coefficient (Wildman–Crippen LogP) is 2.82.